The molecule has 7 nitrogen and oxygen atoms in total. The minimum absolute atomic E-state index is 0.182. The molecule has 2 amide bonds. The van der Waals surface area contributed by atoms with Gasteiger partial charge >= 0.3 is 0 Å². The predicted molar refractivity (Wildman–Crippen MR) is 91.1 cm³/mol. The van der Waals surface area contributed by atoms with Crippen molar-refractivity contribution in [3.05, 3.63) is 64.4 Å². The van der Waals surface area contributed by atoms with Gasteiger partial charge in [0, 0.05) is 23.7 Å². The number of H-pyrrole nitrogens is 1. The molecule has 0 unspecified atom stereocenters. The lowest BCUT2D eigenvalue weighted by atomic mass is 10.2. The summed E-state index contributed by atoms with van der Waals surface area (Å²) in [6, 6.07) is 13.4. The smallest absolute Gasteiger partial charge is 0.280 e. The van der Waals surface area contributed by atoms with Crippen LogP contribution in [0.4, 0.5) is 11.4 Å². The van der Waals surface area contributed by atoms with Crippen LogP contribution in [0.2, 0.25) is 0 Å². The lowest BCUT2D eigenvalue weighted by Crippen LogP contribution is -2.24. The highest BCUT2D eigenvalue weighted by molar-refractivity contribution is 6.04. The summed E-state index contributed by atoms with van der Waals surface area (Å²) in [6.07, 6.45) is 0. The molecule has 0 aliphatic heterocycles. The molecule has 3 rings (SSSR count). The number of aromatic amines is 1. The van der Waals surface area contributed by atoms with E-state index in [1.54, 1.807) is 48.5 Å². The van der Waals surface area contributed by atoms with Crippen molar-refractivity contribution < 1.29 is 9.59 Å². The van der Waals surface area contributed by atoms with Gasteiger partial charge in [0.05, 0.1) is 5.52 Å². The number of benzene rings is 2. The molecule has 0 saturated heterocycles. The van der Waals surface area contributed by atoms with Crippen LogP contribution in [-0.4, -0.2) is 22.0 Å². The lowest BCUT2D eigenvalue weighted by molar-refractivity contribution is -0.114. The number of amides is 2. The molecule has 0 atom stereocenters. The van der Waals surface area contributed by atoms with Gasteiger partial charge in [0.15, 0.2) is 5.69 Å². The molecule has 3 N–H and O–H groups in total. The van der Waals surface area contributed by atoms with Crippen molar-refractivity contribution in [2.75, 3.05) is 10.6 Å². The maximum Gasteiger partial charge on any atom is 0.280 e. The average Bonchev–Trinajstić information content (AvgIpc) is 2.56. The Kier molecular flexibility index (Phi) is 4.07. The van der Waals surface area contributed by atoms with E-state index in [4.69, 9.17) is 0 Å². The van der Waals surface area contributed by atoms with E-state index >= 15 is 0 Å². The number of carbonyl (C=O) groups excluding carboxylic acids is 2. The Hall–Kier alpha value is -3.48. The average molecular weight is 322 g/mol. The molecule has 7 heteroatoms. The highest BCUT2D eigenvalue weighted by Gasteiger charge is 2.15. The topological polar surface area (TPSA) is 104 Å². The summed E-state index contributed by atoms with van der Waals surface area (Å²) in [6.45, 7) is 1.41. The molecular weight excluding hydrogens is 308 g/mol. The summed E-state index contributed by atoms with van der Waals surface area (Å²) < 4.78 is 0. The zero-order valence-electron chi connectivity index (χ0n) is 12.8. The Morgan fingerprint density at radius 2 is 1.58 bits per heavy atom. The van der Waals surface area contributed by atoms with Crippen LogP contribution in [0, 0.1) is 0 Å². The number of nitrogens with zero attached hydrogens (tertiary/aromatic N) is 1. The summed E-state index contributed by atoms with van der Waals surface area (Å²) in [5.41, 5.74) is 1.03. The molecule has 1 aromatic heterocycles. The van der Waals surface area contributed by atoms with E-state index in [0.717, 1.165) is 0 Å². The first-order valence-electron chi connectivity index (χ1n) is 7.21. The van der Waals surface area contributed by atoms with Crippen molar-refractivity contribution in [1.29, 1.82) is 0 Å². The third kappa shape index (κ3) is 3.14. The summed E-state index contributed by atoms with van der Waals surface area (Å²) >= 11 is 0. The molecule has 0 aliphatic rings. The standard InChI is InChI=1S/C17H14N4O3/c1-10(22)18-11-6-8-12(9-7-11)19-17(24)15-16(23)13-4-2-3-5-14(13)20-21-15/h2-9H,1H3,(H,18,22)(H,19,24)(H,20,23). The molecular formula is C17H14N4O3. The summed E-state index contributed by atoms with van der Waals surface area (Å²) in [5, 5.41) is 12.2. The van der Waals surface area contributed by atoms with Gasteiger partial charge in [-0.05, 0) is 36.4 Å². The number of carbonyl (C=O) groups is 2. The molecule has 120 valence electrons. The third-order valence-electron chi connectivity index (χ3n) is 3.35. The fourth-order valence-electron chi connectivity index (χ4n) is 2.26. The van der Waals surface area contributed by atoms with E-state index in [9.17, 15) is 14.4 Å². The van der Waals surface area contributed by atoms with Crippen LogP contribution in [0.25, 0.3) is 10.9 Å². The summed E-state index contributed by atoms with van der Waals surface area (Å²) in [7, 11) is 0. The maximum absolute atomic E-state index is 12.3. The number of rotatable bonds is 3. The Morgan fingerprint density at radius 3 is 2.25 bits per heavy atom. The number of anilines is 2. The normalized spacial score (nSPS) is 10.4. The molecule has 0 spiro atoms. The second kappa shape index (κ2) is 6.33. The van der Waals surface area contributed by atoms with Gasteiger partial charge in [-0.15, -0.1) is 0 Å². The molecule has 0 aliphatic carbocycles. The van der Waals surface area contributed by atoms with Crippen molar-refractivity contribution in [2.45, 2.75) is 6.92 Å². The van der Waals surface area contributed by atoms with E-state index in [-0.39, 0.29) is 11.6 Å². The number of fused-ring (bicyclic) bond motifs is 1. The lowest BCUT2D eigenvalue weighted by Gasteiger charge is -2.07. The zero-order chi connectivity index (χ0) is 17.1. The zero-order valence-corrected chi connectivity index (χ0v) is 12.8. The molecule has 2 aromatic carbocycles. The molecule has 24 heavy (non-hydrogen) atoms. The summed E-state index contributed by atoms with van der Waals surface area (Å²) in [4.78, 5) is 35.6. The van der Waals surface area contributed by atoms with Gasteiger partial charge in [-0.3, -0.25) is 19.5 Å². The van der Waals surface area contributed by atoms with Crippen LogP contribution in [0.5, 0.6) is 0 Å². The van der Waals surface area contributed by atoms with Gasteiger partial charge in [-0.1, -0.05) is 12.1 Å². The Balaban J connectivity index is 1.84. The second-order valence-corrected chi connectivity index (χ2v) is 5.16. The maximum atomic E-state index is 12.3. The minimum Gasteiger partial charge on any atom is -0.326 e. The molecule has 1 heterocycles. The van der Waals surface area contributed by atoms with Gasteiger partial charge in [0.25, 0.3) is 5.91 Å². The Bertz CT molecular complexity index is 977. The Labute approximate surface area is 136 Å². The fourth-order valence-corrected chi connectivity index (χ4v) is 2.26. The first-order chi connectivity index (χ1) is 11.5. The van der Waals surface area contributed by atoms with Crippen molar-refractivity contribution in [1.82, 2.24) is 10.2 Å². The molecule has 0 bridgehead atoms. The SMILES string of the molecule is CC(=O)Nc1ccc(NC(=O)c2n[nH]c3ccccc3c2=O)cc1. The number of para-hydroxylation sites is 1. The highest BCUT2D eigenvalue weighted by Crippen LogP contribution is 2.14. The van der Waals surface area contributed by atoms with E-state index in [1.807, 2.05) is 0 Å². The van der Waals surface area contributed by atoms with Gasteiger partial charge < -0.3 is 10.6 Å². The number of nitrogens with one attached hydrogen (secondary N) is 3. The second-order valence-electron chi connectivity index (χ2n) is 5.16. The van der Waals surface area contributed by atoms with Crippen LogP contribution in [0.1, 0.15) is 17.4 Å². The van der Waals surface area contributed by atoms with Gasteiger partial charge in [-0.2, -0.15) is 5.10 Å². The van der Waals surface area contributed by atoms with Crippen molar-refractivity contribution in [3.8, 4) is 0 Å². The molecule has 0 fully saturated rings. The summed E-state index contributed by atoms with van der Waals surface area (Å²) in [5.74, 6) is -0.784. The first kappa shape index (κ1) is 15.4. The van der Waals surface area contributed by atoms with Crippen molar-refractivity contribution >= 4 is 34.1 Å². The van der Waals surface area contributed by atoms with E-state index in [0.29, 0.717) is 22.3 Å². The minimum atomic E-state index is -0.603. The number of hydrogen-bond donors (Lipinski definition) is 3. The van der Waals surface area contributed by atoms with Crippen LogP contribution < -0.4 is 16.1 Å². The Morgan fingerprint density at radius 1 is 0.958 bits per heavy atom. The molecule has 0 saturated carbocycles. The van der Waals surface area contributed by atoms with Crippen LogP contribution in [-0.2, 0) is 4.79 Å². The predicted octanol–water partition coefficient (Wildman–Crippen LogP) is 2.13. The van der Waals surface area contributed by atoms with Gasteiger partial charge in [-0.25, -0.2) is 0 Å². The fraction of sp³-hybridized carbons (Fsp3) is 0.0588. The van der Waals surface area contributed by atoms with Crippen LogP contribution in [0.3, 0.4) is 0 Å². The largest absolute Gasteiger partial charge is 0.326 e. The van der Waals surface area contributed by atoms with Gasteiger partial charge in [0.1, 0.15) is 0 Å². The van der Waals surface area contributed by atoms with Crippen LogP contribution in [0.15, 0.2) is 53.3 Å². The molecule has 0 radical (unpaired) electrons. The van der Waals surface area contributed by atoms with E-state index < -0.39 is 11.3 Å². The molecule has 3 aromatic rings. The quantitative estimate of drug-likeness (QED) is 0.687. The third-order valence-corrected chi connectivity index (χ3v) is 3.35. The van der Waals surface area contributed by atoms with Crippen molar-refractivity contribution in [3.63, 3.8) is 0 Å². The first-order valence-corrected chi connectivity index (χ1v) is 7.21. The highest BCUT2D eigenvalue weighted by atomic mass is 16.2. The number of hydrogen-bond acceptors (Lipinski definition) is 4. The monoisotopic (exact) mass is 322 g/mol. The van der Waals surface area contributed by atoms with Crippen molar-refractivity contribution in [2.24, 2.45) is 0 Å². The number of aromatic nitrogens is 2. The van der Waals surface area contributed by atoms with Gasteiger partial charge in [0.2, 0.25) is 11.3 Å². The van der Waals surface area contributed by atoms with E-state index in [2.05, 4.69) is 20.8 Å². The van der Waals surface area contributed by atoms with E-state index in [1.165, 1.54) is 6.92 Å². The van der Waals surface area contributed by atoms with Crippen LogP contribution >= 0.6 is 0 Å².